The lowest BCUT2D eigenvalue weighted by molar-refractivity contribution is -0.199. The highest BCUT2D eigenvalue weighted by Crippen LogP contribution is 2.75. The summed E-state index contributed by atoms with van der Waals surface area (Å²) in [5, 5.41) is 21.4. The molecule has 0 saturated heterocycles. The lowest BCUT2D eigenvalue weighted by Gasteiger charge is -2.66. The van der Waals surface area contributed by atoms with Crippen LogP contribution in [0.2, 0.25) is 0 Å². The van der Waals surface area contributed by atoms with Gasteiger partial charge in [0.15, 0.2) is 0 Å². The first-order valence-corrected chi connectivity index (χ1v) is 9.54. The molecule has 0 aromatic rings. The van der Waals surface area contributed by atoms with Gasteiger partial charge in [0.25, 0.3) is 0 Å². The Bertz CT molecular complexity index is 482. The summed E-state index contributed by atoms with van der Waals surface area (Å²) in [4.78, 5) is 0. The molecule has 4 aliphatic carbocycles. The zero-order valence-electron chi connectivity index (χ0n) is 14.9. The first-order chi connectivity index (χ1) is 10.1. The smallest absolute Gasteiger partial charge is 0.0648 e. The van der Waals surface area contributed by atoms with Gasteiger partial charge in [0, 0.05) is 0 Å². The van der Waals surface area contributed by atoms with E-state index in [1.807, 2.05) is 0 Å². The van der Waals surface area contributed by atoms with Crippen molar-refractivity contribution in [2.45, 2.75) is 90.8 Å². The van der Waals surface area contributed by atoms with E-state index in [2.05, 4.69) is 27.7 Å². The van der Waals surface area contributed by atoms with Crippen LogP contribution >= 0.6 is 0 Å². The van der Waals surface area contributed by atoms with Crippen molar-refractivity contribution in [1.82, 2.24) is 0 Å². The van der Waals surface area contributed by atoms with Gasteiger partial charge in [-0.05, 0) is 92.3 Å². The summed E-state index contributed by atoms with van der Waals surface area (Å²) in [5.74, 6) is 1.97. The molecular formula is C20H34O2. The van der Waals surface area contributed by atoms with Gasteiger partial charge in [0.2, 0.25) is 0 Å². The van der Waals surface area contributed by atoms with Crippen LogP contribution in [0.3, 0.4) is 0 Å². The Labute approximate surface area is 135 Å². The third kappa shape index (κ3) is 1.64. The second-order valence-electron chi connectivity index (χ2n) is 10.3. The summed E-state index contributed by atoms with van der Waals surface area (Å²) < 4.78 is 0. The Balaban J connectivity index is 1.76. The number of aliphatic hydroxyl groups excluding tert-OH is 1. The lowest BCUT2D eigenvalue weighted by atomic mass is 9.39. The predicted octanol–water partition coefficient (Wildman–Crippen LogP) is 4.14. The van der Waals surface area contributed by atoms with E-state index in [1.165, 1.54) is 38.5 Å². The number of fused-ring (bicyclic) bond motifs is 2. The molecule has 0 amide bonds. The lowest BCUT2D eigenvalue weighted by Crippen LogP contribution is -2.61. The molecule has 0 heterocycles. The average Bonchev–Trinajstić information content (AvgIpc) is 2.78. The molecule has 4 rings (SSSR count). The van der Waals surface area contributed by atoms with E-state index < -0.39 is 5.60 Å². The van der Waals surface area contributed by atoms with E-state index >= 15 is 0 Å². The molecule has 2 N–H and O–H groups in total. The molecule has 7 atom stereocenters. The van der Waals surface area contributed by atoms with Crippen LogP contribution in [0.4, 0.5) is 0 Å². The van der Waals surface area contributed by atoms with Crippen LogP contribution in [0, 0.1) is 34.0 Å². The van der Waals surface area contributed by atoms with E-state index in [0.29, 0.717) is 22.7 Å². The fourth-order valence-corrected chi connectivity index (χ4v) is 7.79. The van der Waals surface area contributed by atoms with Crippen molar-refractivity contribution >= 4 is 0 Å². The van der Waals surface area contributed by atoms with Crippen molar-refractivity contribution in [2.24, 2.45) is 34.0 Å². The number of hydrogen-bond acceptors (Lipinski definition) is 2. The summed E-state index contributed by atoms with van der Waals surface area (Å²) in [7, 11) is 0. The van der Waals surface area contributed by atoms with Gasteiger partial charge >= 0.3 is 0 Å². The molecule has 1 spiro atoms. The van der Waals surface area contributed by atoms with Crippen LogP contribution in [0.1, 0.15) is 79.1 Å². The summed E-state index contributed by atoms with van der Waals surface area (Å²) in [6, 6.07) is 0. The Morgan fingerprint density at radius 3 is 2.32 bits per heavy atom. The highest BCUT2D eigenvalue weighted by Gasteiger charge is 2.69. The fourth-order valence-electron chi connectivity index (χ4n) is 7.79. The highest BCUT2D eigenvalue weighted by molar-refractivity contribution is 5.18. The van der Waals surface area contributed by atoms with Crippen molar-refractivity contribution < 1.29 is 10.2 Å². The van der Waals surface area contributed by atoms with Gasteiger partial charge < -0.3 is 10.2 Å². The fraction of sp³-hybridized carbons (Fsp3) is 1.00. The van der Waals surface area contributed by atoms with E-state index in [0.717, 1.165) is 18.8 Å². The molecule has 2 bridgehead atoms. The number of rotatable bonds is 0. The average molecular weight is 306 g/mol. The maximum absolute atomic E-state index is 10.8. The molecule has 4 fully saturated rings. The maximum Gasteiger partial charge on any atom is 0.0648 e. The Kier molecular flexibility index (Phi) is 3.02. The van der Waals surface area contributed by atoms with E-state index in [4.69, 9.17) is 0 Å². The Morgan fingerprint density at radius 1 is 0.864 bits per heavy atom. The van der Waals surface area contributed by atoms with Gasteiger partial charge in [-0.15, -0.1) is 0 Å². The first kappa shape index (κ1) is 15.4. The molecule has 0 aromatic carbocycles. The van der Waals surface area contributed by atoms with E-state index in [-0.39, 0.29) is 11.5 Å². The minimum absolute atomic E-state index is 0.0464. The molecule has 0 radical (unpaired) electrons. The van der Waals surface area contributed by atoms with Gasteiger partial charge in [0.05, 0.1) is 11.7 Å². The van der Waals surface area contributed by atoms with Gasteiger partial charge in [-0.1, -0.05) is 20.8 Å². The van der Waals surface area contributed by atoms with Gasteiger partial charge in [-0.25, -0.2) is 0 Å². The zero-order chi connectivity index (χ0) is 16.0. The monoisotopic (exact) mass is 306 g/mol. The minimum Gasteiger partial charge on any atom is -0.393 e. The summed E-state index contributed by atoms with van der Waals surface area (Å²) >= 11 is 0. The third-order valence-corrected chi connectivity index (χ3v) is 9.32. The molecule has 0 aliphatic heterocycles. The van der Waals surface area contributed by atoms with E-state index in [1.54, 1.807) is 0 Å². The SMILES string of the molecule is CC1(O)CCC23CC1CC2CCC1C(C)(C)C(O)CCC13C. The summed E-state index contributed by atoms with van der Waals surface area (Å²) in [5.41, 5.74) is 0.424. The van der Waals surface area contributed by atoms with Crippen LogP contribution in [-0.2, 0) is 0 Å². The number of hydrogen-bond donors (Lipinski definition) is 2. The Hall–Kier alpha value is -0.0800. The molecule has 0 aromatic heterocycles. The van der Waals surface area contributed by atoms with Crippen LogP contribution < -0.4 is 0 Å². The van der Waals surface area contributed by atoms with Crippen LogP contribution in [0.5, 0.6) is 0 Å². The van der Waals surface area contributed by atoms with Crippen molar-refractivity contribution in [3.8, 4) is 0 Å². The van der Waals surface area contributed by atoms with Crippen LogP contribution in [-0.4, -0.2) is 21.9 Å². The normalized spacial score (nSPS) is 59.7. The molecule has 2 heteroatoms. The second kappa shape index (κ2) is 4.30. The van der Waals surface area contributed by atoms with Gasteiger partial charge in [-0.3, -0.25) is 0 Å². The van der Waals surface area contributed by atoms with Crippen LogP contribution in [0.25, 0.3) is 0 Å². The van der Waals surface area contributed by atoms with Crippen LogP contribution in [0.15, 0.2) is 0 Å². The predicted molar refractivity (Wildman–Crippen MR) is 88.4 cm³/mol. The first-order valence-electron chi connectivity index (χ1n) is 9.54. The quantitative estimate of drug-likeness (QED) is 0.706. The van der Waals surface area contributed by atoms with Gasteiger partial charge in [0.1, 0.15) is 0 Å². The molecule has 22 heavy (non-hydrogen) atoms. The Morgan fingerprint density at radius 2 is 1.59 bits per heavy atom. The largest absolute Gasteiger partial charge is 0.393 e. The number of aliphatic hydroxyl groups is 2. The minimum atomic E-state index is -0.432. The highest BCUT2D eigenvalue weighted by atomic mass is 16.3. The molecule has 4 saturated carbocycles. The second-order valence-corrected chi connectivity index (χ2v) is 10.3. The van der Waals surface area contributed by atoms with Crippen molar-refractivity contribution in [3.05, 3.63) is 0 Å². The summed E-state index contributed by atoms with van der Waals surface area (Å²) in [6.07, 6.45) is 9.30. The maximum atomic E-state index is 10.8. The molecule has 2 nitrogen and oxygen atoms in total. The molecule has 7 unspecified atom stereocenters. The topological polar surface area (TPSA) is 40.5 Å². The standard InChI is InChI=1S/C20H34O2/c1-17(2)15-6-5-13-11-14-12-20(13,10-9-19(14,4)22)18(15,3)8-7-16(17)21/h13-16,21-22H,5-12H2,1-4H3. The third-order valence-electron chi connectivity index (χ3n) is 9.32. The van der Waals surface area contributed by atoms with Gasteiger partial charge in [-0.2, -0.15) is 0 Å². The van der Waals surface area contributed by atoms with Crippen molar-refractivity contribution in [3.63, 3.8) is 0 Å². The molecule has 126 valence electrons. The zero-order valence-corrected chi connectivity index (χ0v) is 14.9. The van der Waals surface area contributed by atoms with E-state index in [9.17, 15) is 10.2 Å². The summed E-state index contributed by atoms with van der Waals surface area (Å²) in [6.45, 7) is 9.25. The van der Waals surface area contributed by atoms with Crippen molar-refractivity contribution in [2.75, 3.05) is 0 Å². The molecule has 4 aliphatic rings. The van der Waals surface area contributed by atoms with Crippen molar-refractivity contribution in [1.29, 1.82) is 0 Å². The molecular weight excluding hydrogens is 272 g/mol.